The highest BCUT2D eigenvalue weighted by molar-refractivity contribution is 5.75. The molecule has 1 aliphatic rings. The van der Waals surface area contributed by atoms with Gasteiger partial charge in [-0.2, -0.15) is 5.26 Å². The highest BCUT2D eigenvalue weighted by atomic mass is 15.1. The molecule has 4 aromatic rings. The second-order valence-corrected chi connectivity index (χ2v) is 7.33. The molecule has 1 aliphatic carbocycles. The number of imidazole rings is 1. The van der Waals surface area contributed by atoms with Gasteiger partial charge in [-0.3, -0.25) is 4.40 Å². The van der Waals surface area contributed by atoms with E-state index in [2.05, 4.69) is 42.6 Å². The molecular weight excluding hydrogens is 352 g/mol. The molecule has 140 valence electrons. The number of H-pyrrole nitrogens is 1. The van der Waals surface area contributed by atoms with Crippen molar-refractivity contribution in [1.82, 2.24) is 29.3 Å². The van der Waals surface area contributed by atoms with Gasteiger partial charge in [-0.1, -0.05) is 13.3 Å². The molecule has 2 N–H and O–H groups in total. The first kappa shape index (κ1) is 16.7. The van der Waals surface area contributed by atoms with Crippen LogP contribution in [0.15, 0.2) is 37.1 Å². The summed E-state index contributed by atoms with van der Waals surface area (Å²) in [6, 6.07) is 4.35. The summed E-state index contributed by atoms with van der Waals surface area (Å²) in [5.41, 5.74) is 3.29. The van der Waals surface area contributed by atoms with E-state index < -0.39 is 0 Å². The summed E-state index contributed by atoms with van der Waals surface area (Å²) in [7, 11) is 0. The normalized spacial score (nSPS) is 21.9. The Kier molecular flexibility index (Phi) is 3.93. The van der Waals surface area contributed by atoms with Gasteiger partial charge in [0.2, 0.25) is 0 Å². The van der Waals surface area contributed by atoms with Crippen molar-refractivity contribution in [3.8, 4) is 6.07 Å². The Balaban J connectivity index is 1.46. The predicted octanol–water partition coefficient (Wildman–Crippen LogP) is 3.26. The van der Waals surface area contributed by atoms with Crippen LogP contribution in [0.3, 0.4) is 0 Å². The summed E-state index contributed by atoms with van der Waals surface area (Å²) >= 11 is 0. The Bertz CT molecular complexity index is 1170. The predicted molar refractivity (Wildman–Crippen MR) is 105 cm³/mol. The minimum atomic E-state index is 0.299. The maximum absolute atomic E-state index is 8.88. The minimum Gasteiger partial charge on any atom is -0.366 e. The van der Waals surface area contributed by atoms with Crippen molar-refractivity contribution in [2.75, 3.05) is 5.32 Å². The van der Waals surface area contributed by atoms with E-state index in [-0.39, 0.29) is 0 Å². The molecule has 3 atom stereocenters. The SMILES string of the molecule is CC[C@@H]1C[C@H](Nc2cnc(C#N)cn2)C[C@@H]1c1ncc2cnc3[nH]ccc3n12. The zero-order valence-corrected chi connectivity index (χ0v) is 15.5. The molecule has 4 aromatic heterocycles. The van der Waals surface area contributed by atoms with Crippen LogP contribution in [-0.4, -0.2) is 35.4 Å². The molecular formula is C20H20N8. The summed E-state index contributed by atoms with van der Waals surface area (Å²) < 4.78 is 2.23. The molecule has 0 radical (unpaired) electrons. The van der Waals surface area contributed by atoms with Gasteiger partial charge in [-0.15, -0.1) is 0 Å². The lowest BCUT2D eigenvalue weighted by atomic mass is 9.93. The van der Waals surface area contributed by atoms with Crippen molar-refractivity contribution in [2.45, 2.75) is 38.1 Å². The fraction of sp³-hybridized carbons (Fsp3) is 0.350. The van der Waals surface area contributed by atoms with Crippen LogP contribution in [-0.2, 0) is 0 Å². The monoisotopic (exact) mass is 372 g/mol. The van der Waals surface area contributed by atoms with Crippen molar-refractivity contribution in [3.05, 3.63) is 48.6 Å². The average Bonchev–Trinajstić information content (AvgIpc) is 3.45. The topological polar surface area (TPSA) is 108 Å². The third kappa shape index (κ3) is 2.67. The molecule has 0 spiro atoms. The molecule has 0 aliphatic heterocycles. The molecule has 0 unspecified atom stereocenters. The number of nitrogens with one attached hydrogen (secondary N) is 2. The molecule has 8 heteroatoms. The van der Waals surface area contributed by atoms with Gasteiger partial charge in [0.15, 0.2) is 11.3 Å². The van der Waals surface area contributed by atoms with Crippen molar-refractivity contribution >= 4 is 22.5 Å². The van der Waals surface area contributed by atoms with Crippen molar-refractivity contribution in [1.29, 1.82) is 5.26 Å². The summed E-state index contributed by atoms with van der Waals surface area (Å²) in [6.45, 7) is 2.24. The van der Waals surface area contributed by atoms with Gasteiger partial charge >= 0.3 is 0 Å². The van der Waals surface area contributed by atoms with E-state index in [4.69, 9.17) is 10.2 Å². The van der Waals surface area contributed by atoms with Crippen LogP contribution in [0.1, 0.15) is 43.6 Å². The van der Waals surface area contributed by atoms with E-state index >= 15 is 0 Å². The van der Waals surface area contributed by atoms with Crippen LogP contribution >= 0.6 is 0 Å². The molecule has 1 saturated carbocycles. The Hall–Kier alpha value is -3.47. The quantitative estimate of drug-likeness (QED) is 0.569. The van der Waals surface area contributed by atoms with E-state index in [9.17, 15) is 0 Å². The van der Waals surface area contributed by atoms with Crippen molar-refractivity contribution < 1.29 is 0 Å². The Morgan fingerprint density at radius 2 is 2.07 bits per heavy atom. The van der Waals surface area contributed by atoms with Crippen LogP contribution in [0, 0.1) is 17.2 Å². The smallest absolute Gasteiger partial charge is 0.158 e. The van der Waals surface area contributed by atoms with E-state index in [0.717, 1.165) is 41.8 Å². The standard InChI is InChI=1S/C20H20N8/c1-2-12-5-13(27-18-11-23-14(7-21)8-24-18)6-16(12)20-26-10-15-9-25-19-17(28(15)20)3-4-22-19/h3-4,8-13,16,22H,2,5-6H2,1H3,(H,24,27)/t12-,13+,16+/m1/s1. The fourth-order valence-corrected chi connectivity index (χ4v) is 4.44. The highest BCUT2D eigenvalue weighted by Gasteiger charge is 2.37. The van der Waals surface area contributed by atoms with Gasteiger partial charge < -0.3 is 10.3 Å². The first-order valence-corrected chi connectivity index (χ1v) is 9.55. The van der Waals surface area contributed by atoms with Gasteiger partial charge in [0, 0.05) is 18.2 Å². The lowest BCUT2D eigenvalue weighted by Gasteiger charge is -2.16. The van der Waals surface area contributed by atoms with Gasteiger partial charge in [0.05, 0.1) is 35.8 Å². The number of aromatic nitrogens is 6. The highest BCUT2D eigenvalue weighted by Crippen LogP contribution is 2.42. The van der Waals surface area contributed by atoms with Crippen LogP contribution in [0.5, 0.6) is 0 Å². The molecule has 5 rings (SSSR count). The molecule has 0 bridgehead atoms. The lowest BCUT2D eigenvalue weighted by Crippen LogP contribution is -2.17. The number of aromatic amines is 1. The summed E-state index contributed by atoms with van der Waals surface area (Å²) in [6.07, 6.45) is 12.0. The first-order valence-electron chi connectivity index (χ1n) is 9.55. The second-order valence-electron chi connectivity index (χ2n) is 7.33. The summed E-state index contributed by atoms with van der Waals surface area (Å²) in [4.78, 5) is 20.8. The Labute approximate surface area is 161 Å². The molecule has 0 aromatic carbocycles. The maximum atomic E-state index is 8.88. The summed E-state index contributed by atoms with van der Waals surface area (Å²) in [5.74, 6) is 2.71. The molecule has 0 saturated heterocycles. The van der Waals surface area contributed by atoms with E-state index in [1.165, 1.54) is 6.20 Å². The zero-order valence-electron chi connectivity index (χ0n) is 15.5. The van der Waals surface area contributed by atoms with Gasteiger partial charge in [-0.25, -0.2) is 19.9 Å². The molecule has 1 fully saturated rings. The molecule has 0 amide bonds. The van der Waals surface area contributed by atoms with Gasteiger partial charge in [0.25, 0.3) is 0 Å². The van der Waals surface area contributed by atoms with E-state index in [0.29, 0.717) is 29.4 Å². The number of hydrogen-bond acceptors (Lipinski definition) is 6. The van der Waals surface area contributed by atoms with Crippen molar-refractivity contribution in [3.63, 3.8) is 0 Å². The zero-order chi connectivity index (χ0) is 19.1. The number of fused-ring (bicyclic) bond motifs is 3. The molecule has 4 heterocycles. The Morgan fingerprint density at radius 3 is 2.86 bits per heavy atom. The van der Waals surface area contributed by atoms with E-state index in [1.54, 1.807) is 6.20 Å². The number of rotatable bonds is 4. The van der Waals surface area contributed by atoms with E-state index in [1.807, 2.05) is 24.7 Å². The minimum absolute atomic E-state index is 0.299. The largest absolute Gasteiger partial charge is 0.366 e. The third-order valence-corrected chi connectivity index (χ3v) is 5.76. The van der Waals surface area contributed by atoms with Crippen LogP contribution in [0.2, 0.25) is 0 Å². The molecule has 28 heavy (non-hydrogen) atoms. The Morgan fingerprint density at radius 1 is 1.18 bits per heavy atom. The third-order valence-electron chi connectivity index (χ3n) is 5.76. The van der Waals surface area contributed by atoms with Gasteiger partial charge in [0.1, 0.15) is 17.7 Å². The average molecular weight is 372 g/mol. The fourth-order valence-electron chi connectivity index (χ4n) is 4.44. The number of nitrogens with zero attached hydrogens (tertiary/aromatic N) is 6. The van der Waals surface area contributed by atoms with Crippen molar-refractivity contribution in [2.24, 2.45) is 5.92 Å². The van der Waals surface area contributed by atoms with Crippen LogP contribution < -0.4 is 5.32 Å². The number of nitriles is 1. The number of anilines is 1. The van der Waals surface area contributed by atoms with Gasteiger partial charge in [-0.05, 0) is 24.8 Å². The number of hydrogen-bond donors (Lipinski definition) is 2. The first-order chi connectivity index (χ1) is 13.8. The lowest BCUT2D eigenvalue weighted by molar-refractivity contribution is 0.452. The molecule has 8 nitrogen and oxygen atoms in total. The van der Waals surface area contributed by atoms with Crippen LogP contribution in [0.4, 0.5) is 5.82 Å². The van der Waals surface area contributed by atoms with Crippen LogP contribution in [0.25, 0.3) is 16.7 Å². The second kappa shape index (κ2) is 6.60. The summed E-state index contributed by atoms with van der Waals surface area (Å²) in [5, 5.41) is 12.4. The maximum Gasteiger partial charge on any atom is 0.158 e.